The standard InChI is InChI=1S/C12H24N2S/c1-10-9-14(7-8-15-10)12-6-4-2-3-5-11(12)13/h10-12H,2-9,13H2,1H3. The van der Waals surface area contributed by atoms with E-state index in [2.05, 4.69) is 23.6 Å². The van der Waals surface area contributed by atoms with Gasteiger partial charge in [0.05, 0.1) is 0 Å². The molecule has 1 saturated carbocycles. The van der Waals surface area contributed by atoms with Crippen molar-refractivity contribution in [1.29, 1.82) is 0 Å². The summed E-state index contributed by atoms with van der Waals surface area (Å²) in [6, 6.07) is 1.11. The Morgan fingerprint density at radius 3 is 2.80 bits per heavy atom. The molecule has 1 heterocycles. The van der Waals surface area contributed by atoms with Crippen LogP contribution in [0.1, 0.15) is 39.0 Å². The molecule has 0 aromatic carbocycles. The van der Waals surface area contributed by atoms with Crippen LogP contribution in [0.4, 0.5) is 0 Å². The highest BCUT2D eigenvalue weighted by Crippen LogP contribution is 2.26. The number of rotatable bonds is 1. The lowest BCUT2D eigenvalue weighted by Gasteiger charge is -2.39. The maximum atomic E-state index is 6.31. The lowest BCUT2D eigenvalue weighted by Crippen LogP contribution is -2.51. The third-order valence-electron chi connectivity index (χ3n) is 3.77. The Kier molecular flexibility index (Phi) is 4.35. The summed E-state index contributed by atoms with van der Waals surface area (Å²) in [7, 11) is 0. The average molecular weight is 228 g/mol. The van der Waals surface area contributed by atoms with Gasteiger partial charge in [-0.25, -0.2) is 0 Å². The van der Waals surface area contributed by atoms with E-state index >= 15 is 0 Å². The molecule has 2 aliphatic rings. The minimum atomic E-state index is 0.433. The van der Waals surface area contributed by atoms with Gasteiger partial charge in [0, 0.05) is 36.2 Å². The molecular weight excluding hydrogens is 204 g/mol. The van der Waals surface area contributed by atoms with E-state index in [1.54, 1.807) is 0 Å². The highest BCUT2D eigenvalue weighted by molar-refractivity contribution is 7.99. The average Bonchev–Trinajstić information content (AvgIpc) is 2.43. The molecule has 0 aromatic rings. The van der Waals surface area contributed by atoms with Crippen LogP contribution in [0.3, 0.4) is 0 Å². The molecule has 0 radical (unpaired) electrons. The van der Waals surface area contributed by atoms with Gasteiger partial charge in [0.1, 0.15) is 0 Å². The molecule has 2 nitrogen and oxygen atoms in total. The maximum absolute atomic E-state index is 6.31. The zero-order chi connectivity index (χ0) is 10.7. The van der Waals surface area contributed by atoms with Crippen molar-refractivity contribution in [2.45, 2.75) is 56.4 Å². The third-order valence-corrected chi connectivity index (χ3v) is 4.91. The SMILES string of the molecule is CC1CN(C2CCCCCC2N)CCS1. The second-order valence-corrected chi connectivity index (χ2v) is 6.59. The van der Waals surface area contributed by atoms with E-state index in [0.29, 0.717) is 12.1 Å². The molecule has 15 heavy (non-hydrogen) atoms. The van der Waals surface area contributed by atoms with Crippen LogP contribution in [0.2, 0.25) is 0 Å². The normalized spacial score (nSPS) is 40.0. The maximum Gasteiger partial charge on any atom is 0.0247 e. The first kappa shape index (κ1) is 11.7. The van der Waals surface area contributed by atoms with Gasteiger partial charge in [-0.3, -0.25) is 4.90 Å². The van der Waals surface area contributed by atoms with E-state index in [1.165, 1.54) is 50.9 Å². The monoisotopic (exact) mass is 228 g/mol. The number of nitrogens with zero attached hydrogens (tertiary/aromatic N) is 1. The summed E-state index contributed by atoms with van der Waals surface area (Å²) in [5.74, 6) is 1.30. The highest BCUT2D eigenvalue weighted by atomic mass is 32.2. The first-order valence-corrected chi connectivity index (χ1v) is 7.43. The van der Waals surface area contributed by atoms with Crippen LogP contribution in [0.25, 0.3) is 0 Å². The quantitative estimate of drug-likeness (QED) is 0.697. The minimum Gasteiger partial charge on any atom is -0.326 e. The predicted octanol–water partition coefficient (Wildman–Crippen LogP) is 2.08. The van der Waals surface area contributed by atoms with Crippen LogP contribution in [0, 0.1) is 0 Å². The summed E-state index contributed by atoms with van der Waals surface area (Å²) in [4.78, 5) is 2.66. The minimum absolute atomic E-state index is 0.433. The summed E-state index contributed by atoms with van der Waals surface area (Å²) in [5.41, 5.74) is 6.31. The molecule has 0 aromatic heterocycles. The lowest BCUT2D eigenvalue weighted by molar-refractivity contribution is 0.170. The van der Waals surface area contributed by atoms with Crippen molar-refractivity contribution in [1.82, 2.24) is 4.90 Å². The fourth-order valence-electron chi connectivity index (χ4n) is 2.92. The van der Waals surface area contributed by atoms with Gasteiger partial charge in [-0.05, 0) is 12.8 Å². The summed E-state index contributed by atoms with van der Waals surface area (Å²) in [6.07, 6.45) is 6.69. The van der Waals surface area contributed by atoms with E-state index in [-0.39, 0.29) is 0 Å². The molecule has 3 heteroatoms. The predicted molar refractivity (Wildman–Crippen MR) is 68.3 cm³/mol. The van der Waals surface area contributed by atoms with Crippen molar-refractivity contribution in [3.05, 3.63) is 0 Å². The van der Waals surface area contributed by atoms with Crippen molar-refractivity contribution < 1.29 is 0 Å². The van der Waals surface area contributed by atoms with Crippen LogP contribution >= 0.6 is 11.8 Å². The Morgan fingerprint density at radius 2 is 2.00 bits per heavy atom. The Morgan fingerprint density at radius 1 is 1.20 bits per heavy atom. The van der Waals surface area contributed by atoms with Crippen LogP contribution < -0.4 is 5.73 Å². The van der Waals surface area contributed by atoms with Crippen molar-refractivity contribution >= 4 is 11.8 Å². The van der Waals surface area contributed by atoms with Gasteiger partial charge in [0.15, 0.2) is 0 Å². The first-order chi connectivity index (χ1) is 7.27. The van der Waals surface area contributed by atoms with Crippen molar-refractivity contribution in [2.75, 3.05) is 18.8 Å². The first-order valence-electron chi connectivity index (χ1n) is 6.38. The topological polar surface area (TPSA) is 29.3 Å². The van der Waals surface area contributed by atoms with Crippen LogP contribution in [0.15, 0.2) is 0 Å². The molecule has 0 amide bonds. The van der Waals surface area contributed by atoms with Gasteiger partial charge in [0.2, 0.25) is 0 Å². The van der Waals surface area contributed by atoms with Gasteiger partial charge < -0.3 is 5.73 Å². The van der Waals surface area contributed by atoms with Gasteiger partial charge in [-0.2, -0.15) is 11.8 Å². The number of nitrogens with two attached hydrogens (primary N) is 1. The molecular formula is C12H24N2S. The van der Waals surface area contributed by atoms with Crippen molar-refractivity contribution in [2.24, 2.45) is 5.73 Å². The second kappa shape index (κ2) is 5.55. The number of hydrogen-bond donors (Lipinski definition) is 1. The van der Waals surface area contributed by atoms with Crippen molar-refractivity contribution in [3.8, 4) is 0 Å². The van der Waals surface area contributed by atoms with Gasteiger partial charge in [-0.1, -0.05) is 26.2 Å². The molecule has 2 fully saturated rings. The van der Waals surface area contributed by atoms with E-state index < -0.39 is 0 Å². The summed E-state index contributed by atoms with van der Waals surface area (Å²) in [6.45, 7) is 4.86. The van der Waals surface area contributed by atoms with Crippen LogP contribution in [-0.2, 0) is 0 Å². The van der Waals surface area contributed by atoms with Gasteiger partial charge in [-0.15, -0.1) is 0 Å². The molecule has 2 rings (SSSR count). The van der Waals surface area contributed by atoms with Gasteiger partial charge >= 0.3 is 0 Å². The van der Waals surface area contributed by atoms with Crippen molar-refractivity contribution in [3.63, 3.8) is 0 Å². The van der Waals surface area contributed by atoms with Crippen LogP contribution in [0.5, 0.6) is 0 Å². The zero-order valence-corrected chi connectivity index (χ0v) is 10.6. The zero-order valence-electron chi connectivity index (χ0n) is 9.82. The highest BCUT2D eigenvalue weighted by Gasteiger charge is 2.29. The Labute approximate surface area is 98.0 Å². The molecule has 88 valence electrons. The molecule has 3 atom stereocenters. The van der Waals surface area contributed by atoms with E-state index in [1.807, 2.05) is 0 Å². The molecule has 1 aliphatic heterocycles. The smallest absolute Gasteiger partial charge is 0.0247 e. The second-order valence-electron chi connectivity index (χ2n) is 5.05. The van der Waals surface area contributed by atoms with Gasteiger partial charge in [0.25, 0.3) is 0 Å². The Bertz CT molecular complexity index is 198. The number of thioether (sulfide) groups is 1. The third kappa shape index (κ3) is 3.11. The Hall–Kier alpha value is 0.270. The number of hydrogen-bond acceptors (Lipinski definition) is 3. The fraction of sp³-hybridized carbons (Fsp3) is 1.00. The summed E-state index contributed by atoms with van der Waals surface area (Å²) in [5, 5.41) is 0.800. The molecule has 1 saturated heterocycles. The molecule has 0 bridgehead atoms. The summed E-state index contributed by atoms with van der Waals surface area (Å²) < 4.78 is 0. The van der Waals surface area contributed by atoms with Crippen LogP contribution in [-0.4, -0.2) is 41.1 Å². The lowest BCUT2D eigenvalue weighted by atomic mass is 10.0. The Balaban J connectivity index is 1.94. The molecule has 1 aliphatic carbocycles. The molecule has 0 spiro atoms. The van der Waals surface area contributed by atoms with E-state index in [4.69, 9.17) is 5.73 Å². The largest absolute Gasteiger partial charge is 0.326 e. The van der Waals surface area contributed by atoms with E-state index in [0.717, 1.165) is 5.25 Å². The fourth-order valence-corrected chi connectivity index (χ4v) is 3.96. The molecule has 3 unspecified atom stereocenters. The summed E-state index contributed by atoms with van der Waals surface area (Å²) >= 11 is 2.11. The molecule has 2 N–H and O–H groups in total. The van der Waals surface area contributed by atoms with E-state index in [9.17, 15) is 0 Å².